The predicted molar refractivity (Wildman–Crippen MR) is 64.7 cm³/mol. The van der Waals surface area contributed by atoms with Gasteiger partial charge in [0.2, 0.25) is 10.0 Å². The molecule has 0 spiro atoms. The molecule has 0 radical (unpaired) electrons. The van der Waals surface area contributed by atoms with Crippen LogP contribution in [0.1, 0.15) is 6.92 Å². The molecule has 0 aliphatic heterocycles. The molecule has 0 amide bonds. The van der Waals surface area contributed by atoms with Gasteiger partial charge in [-0.05, 0) is 38.2 Å². The van der Waals surface area contributed by atoms with E-state index in [1.165, 1.54) is 19.2 Å². The van der Waals surface area contributed by atoms with Crippen molar-refractivity contribution < 1.29 is 17.9 Å². The van der Waals surface area contributed by atoms with E-state index < -0.39 is 10.0 Å². The van der Waals surface area contributed by atoms with Crippen molar-refractivity contribution >= 4 is 10.0 Å². The maximum atomic E-state index is 11.4. The van der Waals surface area contributed by atoms with Gasteiger partial charge in [0, 0.05) is 6.61 Å². The van der Waals surface area contributed by atoms with Gasteiger partial charge in [-0.25, -0.2) is 13.1 Å². The Morgan fingerprint density at radius 1 is 1.18 bits per heavy atom. The number of nitrogens with one attached hydrogen (secondary N) is 1. The van der Waals surface area contributed by atoms with Gasteiger partial charge < -0.3 is 9.47 Å². The minimum atomic E-state index is -3.37. The molecule has 0 saturated carbocycles. The molecule has 17 heavy (non-hydrogen) atoms. The highest BCUT2D eigenvalue weighted by atomic mass is 32.2. The van der Waals surface area contributed by atoms with Crippen molar-refractivity contribution in [2.75, 3.05) is 26.9 Å². The van der Waals surface area contributed by atoms with Crippen LogP contribution in [0.4, 0.5) is 0 Å². The maximum absolute atomic E-state index is 11.4. The minimum Gasteiger partial charge on any atom is -0.491 e. The van der Waals surface area contributed by atoms with Crippen LogP contribution in [-0.2, 0) is 14.8 Å². The number of sulfonamides is 1. The molecule has 0 saturated heterocycles. The average molecular weight is 259 g/mol. The highest BCUT2D eigenvalue weighted by molar-refractivity contribution is 7.89. The fourth-order valence-corrected chi connectivity index (χ4v) is 1.93. The summed E-state index contributed by atoms with van der Waals surface area (Å²) in [4.78, 5) is 0.220. The van der Waals surface area contributed by atoms with Crippen molar-refractivity contribution in [1.82, 2.24) is 4.72 Å². The first-order valence-electron chi connectivity index (χ1n) is 5.34. The van der Waals surface area contributed by atoms with Gasteiger partial charge in [0.1, 0.15) is 12.4 Å². The summed E-state index contributed by atoms with van der Waals surface area (Å²) in [5.41, 5.74) is 0. The topological polar surface area (TPSA) is 64.6 Å². The smallest absolute Gasteiger partial charge is 0.240 e. The van der Waals surface area contributed by atoms with Crippen LogP contribution in [0.25, 0.3) is 0 Å². The van der Waals surface area contributed by atoms with Crippen molar-refractivity contribution in [3.63, 3.8) is 0 Å². The van der Waals surface area contributed by atoms with E-state index in [1.54, 1.807) is 12.1 Å². The molecule has 0 aliphatic rings. The first kappa shape index (κ1) is 14.0. The third kappa shape index (κ3) is 4.33. The fraction of sp³-hybridized carbons (Fsp3) is 0.455. The summed E-state index contributed by atoms with van der Waals surface area (Å²) in [5, 5.41) is 0. The molecule has 0 bridgehead atoms. The average Bonchev–Trinajstić information content (AvgIpc) is 2.35. The van der Waals surface area contributed by atoms with Crippen LogP contribution >= 0.6 is 0 Å². The van der Waals surface area contributed by atoms with E-state index in [0.717, 1.165) is 0 Å². The normalized spacial score (nSPS) is 11.4. The summed E-state index contributed by atoms with van der Waals surface area (Å²) in [7, 11) is -2.00. The molecule has 1 aromatic rings. The first-order valence-corrected chi connectivity index (χ1v) is 6.82. The van der Waals surface area contributed by atoms with Crippen LogP contribution in [0.5, 0.6) is 5.75 Å². The summed E-state index contributed by atoms with van der Waals surface area (Å²) in [6.45, 7) is 3.54. The van der Waals surface area contributed by atoms with E-state index in [-0.39, 0.29) is 4.90 Å². The quantitative estimate of drug-likeness (QED) is 0.742. The lowest BCUT2D eigenvalue weighted by Gasteiger charge is -2.07. The van der Waals surface area contributed by atoms with E-state index in [0.29, 0.717) is 25.6 Å². The molecule has 96 valence electrons. The van der Waals surface area contributed by atoms with E-state index in [2.05, 4.69) is 4.72 Å². The molecular weight excluding hydrogens is 242 g/mol. The number of hydrogen-bond acceptors (Lipinski definition) is 4. The van der Waals surface area contributed by atoms with Crippen molar-refractivity contribution in [1.29, 1.82) is 0 Å². The lowest BCUT2D eigenvalue weighted by Crippen LogP contribution is -2.18. The molecule has 0 aromatic heterocycles. The van der Waals surface area contributed by atoms with Crippen LogP contribution in [-0.4, -0.2) is 35.3 Å². The Morgan fingerprint density at radius 2 is 1.82 bits per heavy atom. The summed E-state index contributed by atoms with van der Waals surface area (Å²) in [5.74, 6) is 0.625. The minimum absolute atomic E-state index is 0.220. The number of benzene rings is 1. The highest BCUT2D eigenvalue weighted by Gasteiger charge is 2.10. The van der Waals surface area contributed by atoms with Crippen LogP contribution in [0.3, 0.4) is 0 Å². The van der Waals surface area contributed by atoms with Crippen molar-refractivity contribution in [3.8, 4) is 5.75 Å². The second kappa shape index (κ2) is 6.58. The van der Waals surface area contributed by atoms with E-state index in [9.17, 15) is 8.42 Å². The molecule has 0 fully saturated rings. The Kier molecular flexibility index (Phi) is 5.40. The fourth-order valence-electron chi connectivity index (χ4n) is 1.20. The number of ether oxygens (including phenoxy) is 2. The third-order valence-electron chi connectivity index (χ3n) is 2.10. The molecule has 0 unspecified atom stereocenters. The Morgan fingerprint density at radius 3 is 2.35 bits per heavy atom. The lowest BCUT2D eigenvalue weighted by atomic mass is 10.3. The molecule has 6 heteroatoms. The lowest BCUT2D eigenvalue weighted by molar-refractivity contribution is 0.110. The zero-order valence-corrected chi connectivity index (χ0v) is 10.8. The van der Waals surface area contributed by atoms with E-state index >= 15 is 0 Å². The Balaban J connectivity index is 2.57. The van der Waals surface area contributed by atoms with Gasteiger partial charge >= 0.3 is 0 Å². The molecule has 1 rings (SSSR count). The third-order valence-corrected chi connectivity index (χ3v) is 3.53. The molecule has 5 nitrogen and oxygen atoms in total. The first-order chi connectivity index (χ1) is 8.10. The predicted octanol–water partition coefficient (Wildman–Crippen LogP) is 1.01. The van der Waals surface area contributed by atoms with Crippen molar-refractivity contribution in [2.45, 2.75) is 11.8 Å². The SMILES string of the molecule is CCOCCOc1ccc(S(=O)(=O)NC)cc1. The zero-order valence-electron chi connectivity index (χ0n) is 9.97. The monoisotopic (exact) mass is 259 g/mol. The van der Waals surface area contributed by atoms with Gasteiger partial charge in [-0.2, -0.15) is 0 Å². The molecule has 1 aromatic carbocycles. The molecular formula is C11H17NO4S. The van der Waals surface area contributed by atoms with Gasteiger partial charge in [0.25, 0.3) is 0 Å². The number of hydrogen-bond donors (Lipinski definition) is 1. The Labute approximate surface area is 102 Å². The van der Waals surface area contributed by atoms with E-state index in [4.69, 9.17) is 9.47 Å². The van der Waals surface area contributed by atoms with Gasteiger partial charge in [0.05, 0.1) is 11.5 Å². The van der Waals surface area contributed by atoms with Crippen LogP contribution in [0, 0.1) is 0 Å². The van der Waals surface area contributed by atoms with E-state index in [1.807, 2.05) is 6.92 Å². The second-order valence-corrected chi connectivity index (χ2v) is 5.11. The summed E-state index contributed by atoms with van der Waals surface area (Å²) >= 11 is 0. The molecule has 0 atom stereocenters. The van der Waals surface area contributed by atoms with Gasteiger partial charge in [0.15, 0.2) is 0 Å². The van der Waals surface area contributed by atoms with Gasteiger partial charge in [-0.3, -0.25) is 0 Å². The van der Waals surface area contributed by atoms with Gasteiger partial charge in [-0.1, -0.05) is 0 Å². The standard InChI is InChI=1S/C11H17NO4S/c1-3-15-8-9-16-10-4-6-11(7-5-10)17(13,14)12-2/h4-7,12H,3,8-9H2,1-2H3. The summed E-state index contributed by atoms with van der Waals surface area (Å²) in [6.07, 6.45) is 0. The van der Waals surface area contributed by atoms with Gasteiger partial charge in [-0.15, -0.1) is 0 Å². The molecule has 0 heterocycles. The van der Waals surface area contributed by atoms with Crippen LogP contribution in [0.15, 0.2) is 29.2 Å². The second-order valence-electron chi connectivity index (χ2n) is 3.22. The van der Waals surface area contributed by atoms with Crippen molar-refractivity contribution in [3.05, 3.63) is 24.3 Å². The zero-order chi connectivity index (χ0) is 12.7. The summed E-state index contributed by atoms with van der Waals surface area (Å²) < 4.78 is 35.6. The highest BCUT2D eigenvalue weighted by Crippen LogP contribution is 2.15. The summed E-state index contributed by atoms with van der Waals surface area (Å²) in [6, 6.07) is 6.25. The largest absolute Gasteiger partial charge is 0.491 e. The Bertz CT molecular complexity index is 427. The van der Waals surface area contributed by atoms with Crippen molar-refractivity contribution in [2.24, 2.45) is 0 Å². The van der Waals surface area contributed by atoms with Crippen LogP contribution < -0.4 is 9.46 Å². The number of rotatable bonds is 7. The van der Waals surface area contributed by atoms with Crippen LogP contribution in [0.2, 0.25) is 0 Å². The Hall–Kier alpha value is -1.11. The molecule has 1 N–H and O–H groups in total. The maximum Gasteiger partial charge on any atom is 0.240 e. The molecule has 0 aliphatic carbocycles.